The van der Waals surface area contributed by atoms with Crippen LogP contribution >= 0.6 is 0 Å². The molecule has 0 saturated carbocycles. The second-order valence-electron chi connectivity index (χ2n) is 11.4. The fraction of sp³-hybridized carbons (Fsp3) is 0.750. The summed E-state index contributed by atoms with van der Waals surface area (Å²) in [4.78, 5) is 89.9. The molecular weight excluding hydrogens is 564 g/mol. The molecule has 1 heterocycles. The van der Waals surface area contributed by atoms with Crippen LogP contribution in [-0.2, 0) is 28.8 Å². The number of likely N-dealkylation sites (tertiary alicyclic amines) is 1. The van der Waals surface area contributed by atoms with Crippen molar-refractivity contribution in [2.75, 3.05) is 13.1 Å². The lowest BCUT2D eigenvalue weighted by Gasteiger charge is -2.28. The normalized spacial score (nSPS) is 15.8. The summed E-state index contributed by atoms with van der Waals surface area (Å²) < 4.78 is 0. The van der Waals surface area contributed by atoms with Crippen molar-refractivity contribution in [2.24, 2.45) is 11.8 Å². The molecule has 0 aliphatic carbocycles. The molecule has 1 rings (SSSR count). The highest BCUT2D eigenvalue weighted by Gasteiger charge is 2.35. The smallest absolute Gasteiger partial charge is 0.326 e. The lowest BCUT2D eigenvalue weighted by atomic mass is 10.0. The van der Waals surface area contributed by atoms with Gasteiger partial charge in [-0.1, -0.05) is 41.5 Å². The molecule has 15 nitrogen and oxygen atoms in total. The highest BCUT2D eigenvalue weighted by Crippen LogP contribution is 2.12. The van der Waals surface area contributed by atoms with Gasteiger partial charge in [0.05, 0.1) is 12.8 Å². The molecule has 0 aromatic rings. The van der Waals surface area contributed by atoms with Crippen molar-refractivity contribution in [3.8, 4) is 0 Å². The van der Waals surface area contributed by atoms with Crippen LogP contribution in [-0.4, -0.2) is 100 Å². The Bertz CT molecular complexity index is 1010. The number of nitrogens with one attached hydrogen (secondary N) is 5. The van der Waals surface area contributed by atoms with E-state index >= 15 is 0 Å². The maximum absolute atomic E-state index is 13.4. The first-order valence-corrected chi connectivity index (χ1v) is 14.8. The Hall–Kier alpha value is -3.91. The van der Waals surface area contributed by atoms with E-state index < -0.39 is 90.4 Å². The zero-order valence-electron chi connectivity index (χ0n) is 25.9. The van der Waals surface area contributed by atoms with Crippen LogP contribution in [0.25, 0.3) is 0 Å². The van der Waals surface area contributed by atoms with E-state index in [-0.39, 0.29) is 6.04 Å². The van der Waals surface area contributed by atoms with Gasteiger partial charge < -0.3 is 41.7 Å². The minimum Gasteiger partial charge on any atom is -0.481 e. The van der Waals surface area contributed by atoms with Gasteiger partial charge in [-0.15, -0.1) is 0 Å². The number of carboxylic acids is 2. The van der Waals surface area contributed by atoms with E-state index in [2.05, 4.69) is 26.6 Å². The standard InChI is InChI=1S/C28H48N6O9/c1-7-17(8-2)29-28(43)33-22(15(3)4)26(40)31-18(13-20(35)34-11-9-10-12-34)24(38)30-19(14-21(36)37)25(39)32-23(16(5)6)27(41)42/h15-19,22-23H,7-14H2,1-6H3,(H,30,38)(H,31,40)(H,32,39)(H,36,37)(H,41,42)(H2,29,33,43)/t18-,19-,22-,23-/m0/s1. The van der Waals surface area contributed by atoms with E-state index in [4.69, 9.17) is 0 Å². The second kappa shape index (κ2) is 17.9. The number of urea groups is 1. The van der Waals surface area contributed by atoms with Gasteiger partial charge in [-0.05, 0) is 37.5 Å². The van der Waals surface area contributed by atoms with Crippen LogP contribution in [0.5, 0.6) is 0 Å². The molecule has 7 N–H and O–H groups in total. The lowest BCUT2D eigenvalue weighted by Crippen LogP contribution is -2.60. The van der Waals surface area contributed by atoms with Crippen LogP contribution in [0.15, 0.2) is 0 Å². The summed E-state index contributed by atoms with van der Waals surface area (Å²) in [6, 6.07) is -6.34. The molecule has 6 amide bonds. The number of amides is 6. The Kier molecular flexibility index (Phi) is 15.5. The van der Waals surface area contributed by atoms with Crippen LogP contribution in [0.3, 0.4) is 0 Å². The molecule has 1 aliphatic heterocycles. The summed E-state index contributed by atoms with van der Waals surface area (Å²) in [5.41, 5.74) is 0. The van der Waals surface area contributed by atoms with Crippen LogP contribution in [0.1, 0.15) is 80.1 Å². The zero-order chi connectivity index (χ0) is 32.9. The van der Waals surface area contributed by atoms with Crippen molar-refractivity contribution < 1.29 is 43.8 Å². The maximum atomic E-state index is 13.4. The average Bonchev–Trinajstić information content (AvgIpc) is 3.46. The third-order valence-corrected chi connectivity index (χ3v) is 7.27. The number of hydrogen-bond acceptors (Lipinski definition) is 7. The third-order valence-electron chi connectivity index (χ3n) is 7.27. The van der Waals surface area contributed by atoms with Crippen molar-refractivity contribution in [1.82, 2.24) is 31.5 Å². The highest BCUT2D eigenvalue weighted by molar-refractivity contribution is 5.98. The second-order valence-corrected chi connectivity index (χ2v) is 11.4. The molecule has 0 aromatic carbocycles. The van der Waals surface area contributed by atoms with Crippen LogP contribution in [0.2, 0.25) is 0 Å². The molecule has 1 saturated heterocycles. The molecule has 0 spiro atoms. The van der Waals surface area contributed by atoms with E-state index in [1.165, 1.54) is 4.90 Å². The number of hydrogen-bond donors (Lipinski definition) is 7. The molecular formula is C28H48N6O9. The average molecular weight is 613 g/mol. The van der Waals surface area contributed by atoms with Gasteiger partial charge in [-0.3, -0.25) is 24.0 Å². The van der Waals surface area contributed by atoms with Gasteiger partial charge in [0.15, 0.2) is 0 Å². The van der Waals surface area contributed by atoms with Crippen molar-refractivity contribution in [1.29, 1.82) is 0 Å². The SMILES string of the molecule is CCC(CC)NC(=O)N[C@H](C(=O)N[C@@H](CC(=O)N1CCCC1)C(=O)N[C@@H](CC(=O)O)C(=O)N[C@H](C(=O)O)C(C)C)C(C)C. The Morgan fingerprint density at radius 3 is 1.60 bits per heavy atom. The number of carboxylic acid groups (broad SMARTS) is 2. The molecule has 0 bridgehead atoms. The minimum absolute atomic E-state index is 0.110. The van der Waals surface area contributed by atoms with Crippen LogP contribution in [0, 0.1) is 11.8 Å². The Labute approximate surface area is 252 Å². The molecule has 0 unspecified atom stereocenters. The topological polar surface area (TPSA) is 223 Å². The van der Waals surface area contributed by atoms with Crippen molar-refractivity contribution >= 4 is 41.6 Å². The largest absolute Gasteiger partial charge is 0.481 e. The number of rotatable bonds is 17. The van der Waals surface area contributed by atoms with Gasteiger partial charge in [0.1, 0.15) is 24.2 Å². The van der Waals surface area contributed by atoms with E-state index in [0.29, 0.717) is 25.9 Å². The van der Waals surface area contributed by atoms with Gasteiger partial charge in [0, 0.05) is 19.1 Å². The maximum Gasteiger partial charge on any atom is 0.326 e. The molecule has 43 heavy (non-hydrogen) atoms. The monoisotopic (exact) mass is 612 g/mol. The number of nitrogens with zero attached hydrogens (tertiary/aromatic N) is 1. The van der Waals surface area contributed by atoms with Gasteiger partial charge in [-0.2, -0.15) is 0 Å². The summed E-state index contributed by atoms with van der Waals surface area (Å²) in [7, 11) is 0. The van der Waals surface area contributed by atoms with Crippen LogP contribution in [0.4, 0.5) is 4.79 Å². The fourth-order valence-electron chi connectivity index (χ4n) is 4.56. The molecule has 244 valence electrons. The number of carbonyl (C=O) groups is 7. The van der Waals surface area contributed by atoms with Gasteiger partial charge >= 0.3 is 18.0 Å². The van der Waals surface area contributed by atoms with E-state index in [1.54, 1.807) is 27.7 Å². The van der Waals surface area contributed by atoms with Crippen molar-refractivity contribution in [2.45, 2.75) is 110 Å². The molecule has 0 aromatic heterocycles. The predicted molar refractivity (Wildman–Crippen MR) is 156 cm³/mol. The van der Waals surface area contributed by atoms with Gasteiger partial charge in [0.25, 0.3) is 0 Å². The number of carbonyl (C=O) groups excluding carboxylic acids is 5. The van der Waals surface area contributed by atoms with Crippen molar-refractivity contribution in [3.05, 3.63) is 0 Å². The van der Waals surface area contributed by atoms with Crippen LogP contribution < -0.4 is 26.6 Å². The van der Waals surface area contributed by atoms with Gasteiger partial charge in [-0.25, -0.2) is 9.59 Å². The fourth-order valence-corrected chi connectivity index (χ4v) is 4.56. The quantitative estimate of drug-likeness (QED) is 0.119. The minimum atomic E-state index is -1.70. The zero-order valence-corrected chi connectivity index (χ0v) is 25.9. The molecule has 1 fully saturated rings. The first kappa shape index (κ1) is 37.1. The molecule has 0 radical (unpaired) electrons. The first-order valence-electron chi connectivity index (χ1n) is 14.8. The van der Waals surface area contributed by atoms with E-state index in [1.807, 2.05) is 13.8 Å². The summed E-state index contributed by atoms with van der Waals surface area (Å²) in [6.07, 6.45) is 1.56. The first-order chi connectivity index (χ1) is 20.1. The molecule has 15 heteroatoms. The summed E-state index contributed by atoms with van der Waals surface area (Å²) in [5.74, 6) is -6.99. The number of aliphatic carboxylic acids is 2. The summed E-state index contributed by atoms with van der Waals surface area (Å²) in [6.45, 7) is 11.2. The third kappa shape index (κ3) is 12.5. The highest BCUT2D eigenvalue weighted by atomic mass is 16.4. The lowest BCUT2D eigenvalue weighted by molar-refractivity contribution is -0.145. The van der Waals surface area contributed by atoms with E-state index in [9.17, 15) is 43.8 Å². The van der Waals surface area contributed by atoms with E-state index in [0.717, 1.165) is 12.8 Å². The van der Waals surface area contributed by atoms with Gasteiger partial charge in [0.2, 0.25) is 23.6 Å². The predicted octanol–water partition coefficient (Wildman–Crippen LogP) is 0.181. The Morgan fingerprint density at radius 2 is 1.14 bits per heavy atom. The molecule has 4 atom stereocenters. The Balaban J connectivity index is 3.22. The van der Waals surface area contributed by atoms with Crippen molar-refractivity contribution in [3.63, 3.8) is 0 Å². The summed E-state index contributed by atoms with van der Waals surface area (Å²) >= 11 is 0. The summed E-state index contributed by atoms with van der Waals surface area (Å²) in [5, 5.41) is 31.2. The molecule has 1 aliphatic rings. The Morgan fingerprint density at radius 1 is 0.651 bits per heavy atom.